The molecule has 0 amide bonds. The molecule has 0 aliphatic heterocycles. The number of halogens is 3. The van der Waals surface area contributed by atoms with Gasteiger partial charge >= 0.3 is 6.18 Å². The molecule has 0 aliphatic carbocycles. The van der Waals surface area contributed by atoms with Gasteiger partial charge < -0.3 is 28.5 Å². The second kappa shape index (κ2) is 29.9. The standard InChI is InChI=1S/2C21H30O2P2.C8H15F3O2.Eu/c2*1-3-5-17-24(22,18-6-4-2)19-25(23,20-13-9-7-10-14-20)21-15-11-8-12-16-21;1-7(2,3)5(12)4-6(13)8(9,10)11;/h2*7-16H,3-6,17-19H2,1-2H3;5-6,12-13H,4H2,1-3H3;. The molecule has 2 atom stereocenters. The zero-order chi connectivity index (χ0) is 47.2. The van der Waals surface area contributed by atoms with Gasteiger partial charge in [0.2, 0.25) is 0 Å². The fourth-order valence-electron chi connectivity index (χ4n) is 7.02. The molecular formula is C50H75EuF3O6P4. The van der Waals surface area contributed by atoms with Crippen LogP contribution in [0, 0.1) is 54.8 Å². The van der Waals surface area contributed by atoms with Crippen LogP contribution in [0.4, 0.5) is 13.2 Å². The molecule has 64 heavy (non-hydrogen) atoms. The smallest absolute Gasteiger partial charge is 0.392 e. The minimum absolute atomic E-state index is 0. The number of alkyl halides is 3. The Kier molecular flexibility index (Phi) is 28.5. The third-order valence-corrected chi connectivity index (χ3v) is 27.5. The van der Waals surface area contributed by atoms with E-state index in [-0.39, 0.29) is 49.4 Å². The Hall–Kier alpha value is -0.906. The molecule has 359 valence electrons. The normalized spacial score (nSPS) is 13.3. The maximum atomic E-state index is 14.2. The zero-order valence-corrected chi connectivity index (χ0v) is 45.1. The summed E-state index contributed by atoms with van der Waals surface area (Å²) in [5, 5.41) is 21.2. The Bertz CT molecular complexity index is 1790. The summed E-state index contributed by atoms with van der Waals surface area (Å²) in [7, 11) is -10.7. The summed E-state index contributed by atoms with van der Waals surface area (Å²) in [5.41, 5.74) is -0.647. The van der Waals surface area contributed by atoms with Gasteiger partial charge in [-0.3, -0.25) is 0 Å². The molecule has 4 aromatic carbocycles. The van der Waals surface area contributed by atoms with Gasteiger partial charge in [0.25, 0.3) is 0 Å². The second-order valence-corrected chi connectivity index (χ2v) is 31.0. The number of benzene rings is 4. The van der Waals surface area contributed by atoms with Crippen LogP contribution in [0.25, 0.3) is 0 Å². The van der Waals surface area contributed by atoms with Gasteiger partial charge in [0.15, 0.2) is 6.10 Å². The van der Waals surface area contributed by atoms with Crippen LogP contribution in [0.5, 0.6) is 0 Å². The molecule has 0 heterocycles. The summed E-state index contributed by atoms with van der Waals surface area (Å²) < 4.78 is 91.3. The van der Waals surface area contributed by atoms with Crippen molar-refractivity contribution >= 4 is 49.8 Å². The monoisotopic (exact) mass is 1110 g/mol. The zero-order valence-electron chi connectivity index (χ0n) is 39.1. The number of unbranched alkanes of at least 4 members (excludes halogenated alkanes) is 4. The van der Waals surface area contributed by atoms with Crippen LogP contribution in [0.15, 0.2) is 121 Å². The molecule has 0 fully saturated rings. The van der Waals surface area contributed by atoms with Gasteiger partial charge in [-0.05, 0) is 31.1 Å². The number of aliphatic hydroxyl groups is 2. The molecule has 0 spiro atoms. The van der Waals surface area contributed by atoms with Crippen molar-refractivity contribution in [2.24, 2.45) is 5.41 Å². The molecular weight excluding hydrogens is 1030 g/mol. The molecule has 14 heteroatoms. The molecule has 0 bridgehead atoms. The van der Waals surface area contributed by atoms with Crippen molar-refractivity contribution in [2.45, 2.75) is 125 Å². The van der Waals surface area contributed by atoms with E-state index in [1.54, 1.807) is 20.8 Å². The molecule has 2 unspecified atom stereocenters. The summed E-state index contributed by atoms with van der Waals surface area (Å²) in [6.07, 6.45) is 1.83. The molecule has 4 aromatic rings. The van der Waals surface area contributed by atoms with Crippen LogP contribution in [0.2, 0.25) is 0 Å². The fraction of sp³-hybridized carbons (Fsp3) is 0.520. The molecule has 4 rings (SSSR count). The van der Waals surface area contributed by atoms with Crippen molar-refractivity contribution in [3.8, 4) is 0 Å². The van der Waals surface area contributed by atoms with Gasteiger partial charge in [-0.1, -0.05) is 195 Å². The average Bonchev–Trinajstić information content (AvgIpc) is 3.27. The third-order valence-electron chi connectivity index (χ3n) is 11.1. The molecule has 0 saturated carbocycles. The van der Waals surface area contributed by atoms with Crippen molar-refractivity contribution in [3.63, 3.8) is 0 Å². The number of aliphatic hydroxyl groups excluding tert-OH is 2. The van der Waals surface area contributed by atoms with Crippen LogP contribution < -0.4 is 21.2 Å². The molecule has 6 nitrogen and oxygen atoms in total. The van der Waals surface area contributed by atoms with Gasteiger partial charge in [0.05, 0.1) is 32.2 Å². The van der Waals surface area contributed by atoms with E-state index in [1.807, 2.05) is 121 Å². The topological polar surface area (TPSA) is 109 Å². The first-order valence-electron chi connectivity index (χ1n) is 22.6. The first kappa shape index (κ1) is 61.1. The van der Waals surface area contributed by atoms with Crippen molar-refractivity contribution in [1.29, 1.82) is 0 Å². The Morgan fingerprint density at radius 3 is 0.875 bits per heavy atom. The van der Waals surface area contributed by atoms with Crippen molar-refractivity contribution in [2.75, 3.05) is 36.5 Å². The maximum Gasteiger partial charge on any atom is 0.414 e. The summed E-state index contributed by atoms with van der Waals surface area (Å²) in [4.78, 5) is 0. The molecule has 0 saturated heterocycles. The fourth-order valence-corrected chi connectivity index (χ4v) is 24.9. The molecule has 1 radical (unpaired) electrons. The summed E-state index contributed by atoms with van der Waals surface area (Å²) in [6.45, 7) is 13.3. The van der Waals surface area contributed by atoms with Gasteiger partial charge in [-0.2, -0.15) is 13.2 Å². The van der Waals surface area contributed by atoms with Gasteiger partial charge in [0, 0.05) is 102 Å². The van der Waals surface area contributed by atoms with E-state index >= 15 is 0 Å². The average molecular weight is 1100 g/mol. The number of hydrogen-bond donors (Lipinski definition) is 2. The number of hydrogen-bond acceptors (Lipinski definition) is 6. The summed E-state index contributed by atoms with van der Waals surface area (Å²) in [5.74, 6) is 0.655. The molecule has 0 aromatic heterocycles. The van der Waals surface area contributed by atoms with Crippen LogP contribution in [0.1, 0.15) is 106 Å². The minimum atomic E-state index is -4.65. The third kappa shape index (κ3) is 20.8. The van der Waals surface area contributed by atoms with Crippen LogP contribution in [-0.2, 0) is 18.3 Å². The maximum absolute atomic E-state index is 14.2. The second-order valence-electron chi connectivity index (χ2n) is 17.7. The van der Waals surface area contributed by atoms with E-state index < -0.39 is 58.8 Å². The van der Waals surface area contributed by atoms with E-state index in [4.69, 9.17) is 5.11 Å². The molecule has 0 aliphatic rings. The quantitative estimate of drug-likeness (QED) is 0.0759. The van der Waals surface area contributed by atoms with Crippen LogP contribution in [0.3, 0.4) is 0 Å². The van der Waals surface area contributed by atoms with Crippen LogP contribution in [-0.4, -0.2) is 65.1 Å². The van der Waals surface area contributed by atoms with E-state index in [1.165, 1.54) is 0 Å². The van der Waals surface area contributed by atoms with E-state index in [2.05, 4.69) is 27.7 Å². The van der Waals surface area contributed by atoms with Crippen molar-refractivity contribution in [1.82, 2.24) is 0 Å². The first-order valence-corrected chi connectivity index (χ1v) is 30.9. The van der Waals surface area contributed by atoms with E-state index in [9.17, 15) is 36.5 Å². The van der Waals surface area contributed by atoms with Gasteiger partial charge in [0.1, 0.15) is 14.3 Å². The number of rotatable bonds is 22. The van der Waals surface area contributed by atoms with Gasteiger partial charge in [-0.15, -0.1) is 0 Å². The van der Waals surface area contributed by atoms with E-state index in [0.29, 0.717) is 36.5 Å². The summed E-state index contributed by atoms with van der Waals surface area (Å²) >= 11 is 0. The first-order chi connectivity index (χ1) is 29.6. The van der Waals surface area contributed by atoms with Crippen molar-refractivity contribution in [3.05, 3.63) is 121 Å². The molecule has 2 N–H and O–H groups in total. The summed E-state index contributed by atoms with van der Waals surface area (Å²) in [6, 6.07) is 38.6. The van der Waals surface area contributed by atoms with E-state index in [0.717, 1.165) is 72.6 Å². The SMILES string of the molecule is CC(C)(C)C(O)CC(O)C(F)(F)F.CCCCP(=O)(CCCC)CP(=O)(c1ccccc1)c1ccccc1.CCCCP(=O)(CCCC)CP(=O)(c1ccccc1)c1ccccc1.[Eu]. The predicted molar refractivity (Wildman–Crippen MR) is 266 cm³/mol. The predicted octanol–water partition coefficient (Wildman–Crippen LogP) is 13.5. The Balaban J connectivity index is 0.000000502. The van der Waals surface area contributed by atoms with Crippen LogP contribution >= 0.6 is 28.6 Å². The Labute approximate surface area is 424 Å². The Morgan fingerprint density at radius 2 is 0.688 bits per heavy atom. The largest absolute Gasteiger partial charge is 0.414 e. The minimum Gasteiger partial charge on any atom is -0.392 e. The van der Waals surface area contributed by atoms with Crippen molar-refractivity contribution < 1.29 is 91.0 Å². The van der Waals surface area contributed by atoms with Gasteiger partial charge in [-0.25, -0.2) is 0 Å². The Morgan fingerprint density at radius 1 is 0.453 bits per heavy atom.